The highest BCUT2D eigenvalue weighted by molar-refractivity contribution is 5.71. The van der Waals surface area contributed by atoms with Gasteiger partial charge in [-0.2, -0.15) is 0 Å². The molecule has 338 valence electrons. The van der Waals surface area contributed by atoms with Crippen LogP contribution >= 0.6 is 0 Å². The summed E-state index contributed by atoms with van der Waals surface area (Å²) in [6.07, 6.45) is 54.0. The van der Waals surface area contributed by atoms with E-state index in [0.717, 1.165) is 83.5 Å². The standard InChI is InChI=1S/C52H94O6/c1-4-7-10-13-16-19-22-24-25-26-27-28-31-33-36-39-42-45-51(54)57-48-49(58-52(55)46-43-40-37-34-29-21-18-15-12-9-6-3)47-56-50(53)44-41-38-35-32-30-23-20-17-14-11-8-5-2/h16,19,24-25,27-28,49H,4-15,17-18,20-23,26,29-48H2,1-3H3/b19-16-,25-24-,28-27-/t49-/m0/s1. The number of rotatable bonds is 45. The van der Waals surface area contributed by atoms with Crippen molar-refractivity contribution in [1.29, 1.82) is 0 Å². The van der Waals surface area contributed by atoms with Crippen molar-refractivity contribution < 1.29 is 28.6 Å². The molecule has 0 aliphatic heterocycles. The van der Waals surface area contributed by atoms with E-state index in [1.54, 1.807) is 0 Å². The van der Waals surface area contributed by atoms with Crippen LogP contribution in [0.2, 0.25) is 0 Å². The highest BCUT2D eigenvalue weighted by Crippen LogP contribution is 2.15. The second kappa shape index (κ2) is 47.3. The second-order valence-electron chi connectivity index (χ2n) is 16.7. The first-order valence-corrected chi connectivity index (χ1v) is 25.0. The Morgan fingerprint density at radius 1 is 0.345 bits per heavy atom. The van der Waals surface area contributed by atoms with Crippen molar-refractivity contribution in [2.24, 2.45) is 0 Å². The minimum atomic E-state index is -0.774. The zero-order valence-electron chi connectivity index (χ0n) is 38.6. The molecule has 1 atom stereocenters. The molecule has 0 aliphatic rings. The van der Waals surface area contributed by atoms with Crippen molar-refractivity contribution in [3.05, 3.63) is 36.5 Å². The van der Waals surface area contributed by atoms with Gasteiger partial charge >= 0.3 is 17.9 Å². The van der Waals surface area contributed by atoms with E-state index in [9.17, 15) is 14.4 Å². The Bertz CT molecular complexity index is 984. The fraction of sp³-hybridized carbons (Fsp3) is 0.827. The van der Waals surface area contributed by atoms with Gasteiger partial charge in [0.1, 0.15) is 13.2 Å². The molecule has 0 rings (SSSR count). The lowest BCUT2D eigenvalue weighted by atomic mass is 10.0. The molecule has 0 aromatic rings. The summed E-state index contributed by atoms with van der Waals surface area (Å²) in [5.74, 6) is -0.891. The second-order valence-corrected chi connectivity index (χ2v) is 16.7. The SMILES string of the molecule is CCCCC/C=C\C/C=C\C/C=C\CCCCCCC(=O)OC[C@H](COC(=O)CCCCCCCCCCCCCC)OC(=O)CCCCCCCCCCCCC. The highest BCUT2D eigenvalue weighted by Gasteiger charge is 2.19. The molecule has 0 heterocycles. The van der Waals surface area contributed by atoms with Crippen LogP contribution in [0.5, 0.6) is 0 Å². The molecule has 0 unspecified atom stereocenters. The summed E-state index contributed by atoms with van der Waals surface area (Å²) < 4.78 is 16.7. The molecule has 0 aromatic carbocycles. The maximum absolute atomic E-state index is 12.7. The molecule has 0 saturated heterocycles. The van der Waals surface area contributed by atoms with Crippen LogP contribution in [-0.2, 0) is 28.6 Å². The lowest BCUT2D eigenvalue weighted by molar-refractivity contribution is -0.167. The maximum atomic E-state index is 12.7. The van der Waals surface area contributed by atoms with Gasteiger partial charge in [0.25, 0.3) is 0 Å². The average Bonchev–Trinajstić information content (AvgIpc) is 3.22. The fourth-order valence-corrected chi connectivity index (χ4v) is 7.10. The molecule has 6 heteroatoms. The minimum absolute atomic E-state index is 0.0755. The lowest BCUT2D eigenvalue weighted by Gasteiger charge is -2.18. The van der Waals surface area contributed by atoms with Crippen LogP contribution in [0.4, 0.5) is 0 Å². The quantitative estimate of drug-likeness (QED) is 0.0264. The fourth-order valence-electron chi connectivity index (χ4n) is 7.10. The first-order valence-electron chi connectivity index (χ1n) is 25.0. The molecule has 6 nitrogen and oxygen atoms in total. The lowest BCUT2D eigenvalue weighted by Crippen LogP contribution is -2.30. The van der Waals surface area contributed by atoms with Gasteiger partial charge in [-0.15, -0.1) is 0 Å². The van der Waals surface area contributed by atoms with E-state index in [1.165, 1.54) is 135 Å². The average molecular weight is 815 g/mol. The zero-order chi connectivity index (χ0) is 42.3. The minimum Gasteiger partial charge on any atom is -0.462 e. The van der Waals surface area contributed by atoms with Crippen LogP contribution in [0.1, 0.15) is 258 Å². The van der Waals surface area contributed by atoms with Crippen molar-refractivity contribution in [3.63, 3.8) is 0 Å². The number of hydrogen-bond acceptors (Lipinski definition) is 6. The van der Waals surface area contributed by atoms with E-state index < -0.39 is 6.10 Å². The molecule has 0 amide bonds. The number of carbonyl (C=O) groups is 3. The van der Waals surface area contributed by atoms with E-state index in [0.29, 0.717) is 19.3 Å². The molecule has 0 fully saturated rings. The number of hydrogen-bond donors (Lipinski definition) is 0. The van der Waals surface area contributed by atoms with E-state index in [-0.39, 0.29) is 31.1 Å². The van der Waals surface area contributed by atoms with Gasteiger partial charge in [-0.05, 0) is 57.8 Å². The number of ether oxygens (including phenoxy) is 3. The van der Waals surface area contributed by atoms with E-state index in [2.05, 4.69) is 57.2 Å². The Morgan fingerprint density at radius 3 is 1.00 bits per heavy atom. The van der Waals surface area contributed by atoms with Gasteiger partial charge in [0.2, 0.25) is 0 Å². The van der Waals surface area contributed by atoms with Crippen LogP contribution in [0, 0.1) is 0 Å². The van der Waals surface area contributed by atoms with Gasteiger partial charge in [-0.3, -0.25) is 14.4 Å². The molecule has 0 radical (unpaired) electrons. The number of unbranched alkanes of at least 4 members (excludes halogenated alkanes) is 28. The van der Waals surface area contributed by atoms with Crippen molar-refractivity contribution >= 4 is 17.9 Å². The third-order valence-corrected chi connectivity index (χ3v) is 10.9. The molecule has 0 bridgehead atoms. The smallest absolute Gasteiger partial charge is 0.306 e. The Balaban J connectivity index is 4.36. The number of esters is 3. The molecule has 58 heavy (non-hydrogen) atoms. The van der Waals surface area contributed by atoms with Gasteiger partial charge in [-0.1, -0.05) is 218 Å². The zero-order valence-corrected chi connectivity index (χ0v) is 38.6. The Labute approximate surface area is 359 Å². The van der Waals surface area contributed by atoms with E-state index in [1.807, 2.05) is 0 Å². The van der Waals surface area contributed by atoms with Crippen molar-refractivity contribution in [2.75, 3.05) is 13.2 Å². The number of carbonyl (C=O) groups excluding carboxylic acids is 3. The predicted molar refractivity (Wildman–Crippen MR) is 247 cm³/mol. The van der Waals surface area contributed by atoms with E-state index in [4.69, 9.17) is 14.2 Å². The van der Waals surface area contributed by atoms with Crippen molar-refractivity contribution in [2.45, 2.75) is 264 Å². The van der Waals surface area contributed by atoms with E-state index >= 15 is 0 Å². The highest BCUT2D eigenvalue weighted by atomic mass is 16.6. The van der Waals surface area contributed by atoms with Crippen LogP contribution in [0.3, 0.4) is 0 Å². The normalized spacial score (nSPS) is 12.3. The van der Waals surface area contributed by atoms with Gasteiger partial charge in [0, 0.05) is 19.3 Å². The molecule has 0 N–H and O–H groups in total. The molecule has 0 aliphatic carbocycles. The topological polar surface area (TPSA) is 78.9 Å². The summed E-state index contributed by atoms with van der Waals surface area (Å²) in [5, 5.41) is 0. The van der Waals surface area contributed by atoms with Gasteiger partial charge in [0.15, 0.2) is 6.10 Å². The summed E-state index contributed by atoms with van der Waals surface area (Å²) >= 11 is 0. The maximum Gasteiger partial charge on any atom is 0.306 e. The third kappa shape index (κ3) is 44.7. The summed E-state index contributed by atoms with van der Waals surface area (Å²) in [6, 6.07) is 0. The molecule has 0 aromatic heterocycles. The van der Waals surface area contributed by atoms with Crippen LogP contribution in [0.25, 0.3) is 0 Å². The van der Waals surface area contributed by atoms with Crippen LogP contribution in [0.15, 0.2) is 36.5 Å². The number of allylic oxidation sites excluding steroid dienone is 6. The van der Waals surface area contributed by atoms with Crippen molar-refractivity contribution in [1.82, 2.24) is 0 Å². The Kier molecular flexibility index (Phi) is 45.4. The first kappa shape index (κ1) is 55.6. The summed E-state index contributed by atoms with van der Waals surface area (Å²) in [7, 11) is 0. The molecular formula is C52H94O6. The predicted octanol–water partition coefficient (Wildman–Crippen LogP) is 16.1. The van der Waals surface area contributed by atoms with Crippen LogP contribution < -0.4 is 0 Å². The molecular weight excluding hydrogens is 721 g/mol. The van der Waals surface area contributed by atoms with Gasteiger partial charge < -0.3 is 14.2 Å². The summed E-state index contributed by atoms with van der Waals surface area (Å²) in [4.78, 5) is 37.8. The third-order valence-electron chi connectivity index (χ3n) is 10.9. The van der Waals surface area contributed by atoms with Gasteiger partial charge in [0.05, 0.1) is 0 Å². The molecule has 0 spiro atoms. The van der Waals surface area contributed by atoms with Crippen LogP contribution in [-0.4, -0.2) is 37.2 Å². The Hall–Kier alpha value is -2.37. The largest absolute Gasteiger partial charge is 0.462 e. The van der Waals surface area contributed by atoms with Crippen molar-refractivity contribution in [3.8, 4) is 0 Å². The summed E-state index contributed by atoms with van der Waals surface area (Å²) in [6.45, 7) is 6.59. The Morgan fingerprint density at radius 2 is 0.621 bits per heavy atom. The molecule has 0 saturated carbocycles. The summed E-state index contributed by atoms with van der Waals surface area (Å²) in [5.41, 5.74) is 0. The van der Waals surface area contributed by atoms with Gasteiger partial charge in [-0.25, -0.2) is 0 Å². The monoisotopic (exact) mass is 815 g/mol. The first-order chi connectivity index (χ1) is 28.5.